The van der Waals surface area contributed by atoms with E-state index < -0.39 is 5.60 Å². The van der Waals surface area contributed by atoms with Crippen molar-refractivity contribution in [2.75, 3.05) is 19.6 Å². The zero-order valence-corrected chi connectivity index (χ0v) is 7.84. The van der Waals surface area contributed by atoms with E-state index in [1.807, 2.05) is 6.92 Å². The van der Waals surface area contributed by atoms with Crippen LogP contribution in [0.25, 0.3) is 0 Å². The molecule has 2 atom stereocenters. The molecule has 2 unspecified atom stereocenters. The largest absolute Gasteiger partial charge is 0.389 e. The molecular weight excluding hydrogens is 152 g/mol. The van der Waals surface area contributed by atoms with Gasteiger partial charge < -0.3 is 16.2 Å². The summed E-state index contributed by atoms with van der Waals surface area (Å²) in [5, 5.41) is 13.2. The molecule has 0 aromatic carbocycles. The summed E-state index contributed by atoms with van der Waals surface area (Å²) in [7, 11) is 0. The van der Waals surface area contributed by atoms with Crippen molar-refractivity contribution < 1.29 is 5.11 Å². The second-order valence-electron chi connectivity index (χ2n) is 3.94. The van der Waals surface area contributed by atoms with Gasteiger partial charge in [-0.2, -0.15) is 0 Å². The molecule has 4 N–H and O–H groups in total. The molecule has 1 fully saturated rings. The first-order valence-corrected chi connectivity index (χ1v) is 4.80. The summed E-state index contributed by atoms with van der Waals surface area (Å²) >= 11 is 0. The zero-order chi connectivity index (χ0) is 9.03. The number of hydrogen-bond acceptors (Lipinski definition) is 3. The molecule has 0 radical (unpaired) electrons. The van der Waals surface area contributed by atoms with Gasteiger partial charge in [0.1, 0.15) is 0 Å². The van der Waals surface area contributed by atoms with E-state index in [2.05, 4.69) is 5.32 Å². The number of aliphatic hydroxyl groups is 1. The Balaban J connectivity index is 2.47. The molecular formula is C9H20N2O. The molecule has 3 heteroatoms. The third-order valence-corrected chi connectivity index (χ3v) is 2.87. The number of nitrogens with two attached hydrogens (primary N) is 1. The van der Waals surface area contributed by atoms with Crippen molar-refractivity contribution in [1.82, 2.24) is 5.32 Å². The lowest BCUT2D eigenvalue weighted by Gasteiger charge is -2.30. The lowest BCUT2D eigenvalue weighted by Crippen LogP contribution is -2.42. The molecule has 0 bridgehead atoms. The second kappa shape index (κ2) is 4.21. The molecule has 1 saturated heterocycles. The van der Waals surface area contributed by atoms with Crippen molar-refractivity contribution >= 4 is 0 Å². The smallest absolute Gasteiger partial charge is 0.0769 e. The van der Waals surface area contributed by atoms with Crippen molar-refractivity contribution in [3.05, 3.63) is 0 Å². The Morgan fingerprint density at radius 1 is 1.50 bits per heavy atom. The van der Waals surface area contributed by atoms with E-state index in [0.29, 0.717) is 12.5 Å². The van der Waals surface area contributed by atoms with E-state index in [0.717, 1.165) is 32.4 Å². The van der Waals surface area contributed by atoms with Gasteiger partial charge in [-0.05, 0) is 45.2 Å². The van der Waals surface area contributed by atoms with Gasteiger partial charge in [-0.3, -0.25) is 0 Å². The summed E-state index contributed by atoms with van der Waals surface area (Å²) in [6.45, 7) is 4.32. The van der Waals surface area contributed by atoms with Crippen LogP contribution in [0.1, 0.15) is 26.2 Å². The summed E-state index contributed by atoms with van der Waals surface area (Å²) in [5.74, 6) is 0.373. The number of nitrogens with one attached hydrogen (secondary N) is 1. The van der Waals surface area contributed by atoms with Crippen LogP contribution < -0.4 is 11.1 Å². The van der Waals surface area contributed by atoms with E-state index in [4.69, 9.17) is 5.73 Å². The van der Waals surface area contributed by atoms with Gasteiger partial charge in [-0.25, -0.2) is 0 Å². The van der Waals surface area contributed by atoms with E-state index in [-0.39, 0.29) is 0 Å². The van der Waals surface area contributed by atoms with Crippen LogP contribution in [0, 0.1) is 5.92 Å². The average Bonchev–Trinajstić information content (AvgIpc) is 2.32. The van der Waals surface area contributed by atoms with Gasteiger partial charge in [-0.15, -0.1) is 0 Å². The second-order valence-corrected chi connectivity index (χ2v) is 3.94. The first kappa shape index (κ1) is 9.96. The van der Waals surface area contributed by atoms with Gasteiger partial charge in [0.05, 0.1) is 5.60 Å². The van der Waals surface area contributed by atoms with Gasteiger partial charge in [0, 0.05) is 6.54 Å². The van der Waals surface area contributed by atoms with Crippen LogP contribution in [0.5, 0.6) is 0 Å². The molecule has 1 heterocycles. The molecule has 0 aromatic heterocycles. The van der Waals surface area contributed by atoms with E-state index in [1.165, 1.54) is 0 Å². The zero-order valence-electron chi connectivity index (χ0n) is 7.84. The van der Waals surface area contributed by atoms with Gasteiger partial charge in [0.15, 0.2) is 0 Å². The minimum Gasteiger partial charge on any atom is -0.389 e. The first-order chi connectivity index (χ1) is 5.67. The fourth-order valence-electron chi connectivity index (χ4n) is 1.81. The minimum atomic E-state index is -0.661. The Hall–Kier alpha value is -0.120. The van der Waals surface area contributed by atoms with E-state index in [1.54, 1.807) is 0 Å². The third kappa shape index (κ3) is 2.44. The molecule has 0 aliphatic carbocycles. The maximum Gasteiger partial charge on any atom is 0.0769 e. The van der Waals surface area contributed by atoms with Crippen LogP contribution >= 0.6 is 0 Å². The molecule has 3 nitrogen and oxygen atoms in total. The highest BCUT2D eigenvalue weighted by atomic mass is 16.3. The van der Waals surface area contributed by atoms with Crippen LogP contribution in [-0.2, 0) is 0 Å². The fraction of sp³-hybridized carbons (Fsp3) is 1.00. The molecule has 1 aliphatic heterocycles. The average molecular weight is 172 g/mol. The van der Waals surface area contributed by atoms with Crippen molar-refractivity contribution in [1.29, 1.82) is 0 Å². The summed E-state index contributed by atoms with van der Waals surface area (Å²) in [5.41, 5.74) is 4.86. The Kier molecular flexibility index (Phi) is 3.50. The van der Waals surface area contributed by atoms with Crippen molar-refractivity contribution in [3.63, 3.8) is 0 Å². The number of hydrogen-bond donors (Lipinski definition) is 3. The summed E-state index contributed by atoms with van der Waals surface area (Å²) in [6, 6.07) is 0. The highest BCUT2D eigenvalue weighted by Gasteiger charge is 2.30. The molecule has 72 valence electrons. The quantitative estimate of drug-likeness (QED) is 0.553. The minimum absolute atomic E-state index is 0.373. The maximum absolute atomic E-state index is 9.92. The van der Waals surface area contributed by atoms with Crippen LogP contribution in [0.2, 0.25) is 0 Å². The Bertz CT molecular complexity index is 128. The molecule has 1 rings (SSSR count). The highest BCUT2D eigenvalue weighted by molar-refractivity contribution is 4.84. The maximum atomic E-state index is 9.92. The van der Waals surface area contributed by atoms with Gasteiger partial charge >= 0.3 is 0 Å². The van der Waals surface area contributed by atoms with Gasteiger partial charge in [-0.1, -0.05) is 0 Å². The molecule has 0 amide bonds. The highest BCUT2D eigenvalue weighted by Crippen LogP contribution is 2.25. The number of rotatable bonds is 2. The lowest BCUT2D eigenvalue weighted by molar-refractivity contribution is 0.00232. The predicted molar refractivity (Wildman–Crippen MR) is 49.9 cm³/mol. The van der Waals surface area contributed by atoms with Gasteiger partial charge in [0.2, 0.25) is 0 Å². The van der Waals surface area contributed by atoms with Gasteiger partial charge in [0.25, 0.3) is 0 Å². The first-order valence-electron chi connectivity index (χ1n) is 4.80. The van der Waals surface area contributed by atoms with Crippen LogP contribution in [0.3, 0.4) is 0 Å². The Labute approximate surface area is 74.3 Å². The Morgan fingerprint density at radius 2 is 2.25 bits per heavy atom. The van der Waals surface area contributed by atoms with Crippen molar-refractivity contribution in [2.45, 2.75) is 31.8 Å². The molecule has 1 aliphatic rings. The van der Waals surface area contributed by atoms with E-state index in [9.17, 15) is 5.11 Å². The third-order valence-electron chi connectivity index (χ3n) is 2.87. The summed E-state index contributed by atoms with van der Waals surface area (Å²) < 4.78 is 0. The molecule has 0 spiro atoms. The van der Waals surface area contributed by atoms with Crippen molar-refractivity contribution in [3.8, 4) is 0 Å². The van der Waals surface area contributed by atoms with Crippen molar-refractivity contribution in [2.24, 2.45) is 11.7 Å². The normalized spacial score (nSPS) is 30.8. The summed E-state index contributed by atoms with van der Waals surface area (Å²) in [4.78, 5) is 0. The fourth-order valence-corrected chi connectivity index (χ4v) is 1.81. The molecule has 0 aromatic rings. The molecule has 0 saturated carbocycles. The van der Waals surface area contributed by atoms with Crippen LogP contribution in [0.15, 0.2) is 0 Å². The standard InChI is InChI=1S/C9H20N2O/c1-9(12,7-10)8-3-2-5-11-6-4-8/h8,11-12H,2-7,10H2,1H3. The van der Waals surface area contributed by atoms with Crippen LogP contribution in [0.4, 0.5) is 0 Å². The SMILES string of the molecule is CC(O)(CN)C1CCCNCC1. The summed E-state index contributed by atoms with van der Waals surface area (Å²) in [6.07, 6.45) is 3.29. The molecule has 12 heavy (non-hydrogen) atoms. The lowest BCUT2D eigenvalue weighted by atomic mass is 9.84. The Morgan fingerprint density at radius 3 is 2.92 bits per heavy atom. The predicted octanol–water partition coefficient (Wildman–Crippen LogP) is 0.0858. The van der Waals surface area contributed by atoms with Crippen LogP contribution in [-0.4, -0.2) is 30.3 Å². The monoisotopic (exact) mass is 172 g/mol. The topological polar surface area (TPSA) is 58.3 Å². The van der Waals surface area contributed by atoms with E-state index >= 15 is 0 Å².